The predicted molar refractivity (Wildman–Crippen MR) is 104 cm³/mol. The summed E-state index contributed by atoms with van der Waals surface area (Å²) < 4.78 is 0. The lowest BCUT2D eigenvalue weighted by Gasteiger charge is -2.40. The van der Waals surface area contributed by atoms with Crippen molar-refractivity contribution in [2.24, 2.45) is 11.1 Å². The van der Waals surface area contributed by atoms with Crippen molar-refractivity contribution in [2.75, 3.05) is 6.67 Å². The quantitative estimate of drug-likeness (QED) is 0.861. The van der Waals surface area contributed by atoms with Gasteiger partial charge in [-0.2, -0.15) is 0 Å². The topological polar surface area (TPSA) is 83.7 Å². The molecule has 3 amide bonds. The number of nitrogens with zero attached hydrogens (tertiary/aromatic N) is 2. The van der Waals surface area contributed by atoms with Crippen LogP contribution in [0.4, 0.5) is 0 Å². The second-order valence-corrected chi connectivity index (χ2v) is 8.85. The number of hydrogen-bond donors (Lipinski definition) is 1. The lowest BCUT2D eigenvalue weighted by molar-refractivity contribution is -0.156. The van der Waals surface area contributed by atoms with E-state index in [1.54, 1.807) is 4.90 Å². The predicted octanol–water partition coefficient (Wildman–Crippen LogP) is 2.62. The van der Waals surface area contributed by atoms with Crippen molar-refractivity contribution < 1.29 is 14.4 Å². The molecule has 0 radical (unpaired) electrons. The summed E-state index contributed by atoms with van der Waals surface area (Å²) in [6.45, 7) is 10.7. The zero-order valence-corrected chi connectivity index (χ0v) is 17.0. The van der Waals surface area contributed by atoms with E-state index in [-0.39, 0.29) is 30.3 Å². The summed E-state index contributed by atoms with van der Waals surface area (Å²) in [6.07, 6.45) is 0.233. The number of benzene rings is 1. The Labute approximate surface area is 161 Å². The van der Waals surface area contributed by atoms with Crippen LogP contribution in [0.25, 0.3) is 0 Å². The molecule has 2 N–H and O–H groups in total. The first-order chi connectivity index (χ1) is 12.5. The van der Waals surface area contributed by atoms with Gasteiger partial charge in [-0.1, -0.05) is 58.9 Å². The van der Waals surface area contributed by atoms with Gasteiger partial charge in [-0.05, 0) is 22.5 Å². The van der Waals surface area contributed by atoms with E-state index in [9.17, 15) is 14.4 Å². The Kier molecular flexibility index (Phi) is 6.29. The molecule has 27 heavy (non-hydrogen) atoms. The summed E-state index contributed by atoms with van der Waals surface area (Å²) in [6, 6.07) is 7.26. The van der Waals surface area contributed by atoms with Crippen LogP contribution in [0.1, 0.15) is 64.5 Å². The molecule has 6 heteroatoms. The van der Waals surface area contributed by atoms with Crippen LogP contribution >= 0.6 is 0 Å². The molecule has 6 nitrogen and oxygen atoms in total. The van der Waals surface area contributed by atoms with E-state index < -0.39 is 11.9 Å². The molecule has 1 fully saturated rings. The maximum Gasteiger partial charge on any atom is 0.240 e. The molecular formula is C21H31N3O3. The van der Waals surface area contributed by atoms with Gasteiger partial charge in [0, 0.05) is 13.0 Å². The summed E-state index contributed by atoms with van der Waals surface area (Å²) >= 11 is 0. The maximum absolute atomic E-state index is 12.7. The fourth-order valence-electron chi connectivity index (χ4n) is 3.19. The van der Waals surface area contributed by atoms with Gasteiger partial charge in [-0.3, -0.25) is 14.4 Å². The first-order valence-corrected chi connectivity index (χ1v) is 9.43. The minimum atomic E-state index is -0.869. The molecule has 0 aromatic heterocycles. The smallest absolute Gasteiger partial charge is 0.240 e. The number of nitrogens with two attached hydrogens (primary N) is 1. The second-order valence-electron chi connectivity index (χ2n) is 8.85. The Hall–Kier alpha value is -2.37. The maximum atomic E-state index is 12.7. The first-order valence-electron chi connectivity index (χ1n) is 9.43. The first kappa shape index (κ1) is 20.9. The van der Waals surface area contributed by atoms with E-state index in [1.807, 2.05) is 32.9 Å². The van der Waals surface area contributed by atoms with Crippen LogP contribution in [0.3, 0.4) is 0 Å². The number of carbonyl (C=O) groups excluding carboxylic acids is 3. The third-order valence-corrected chi connectivity index (χ3v) is 4.77. The minimum absolute atomic E-state index is 0.0602. The highest BCUT2D eigenvalue weighted by atomic mass is 16.2. The average Bonchev–Trinajstić information content (AvgIpc) is 2.55. The van der Waals surface area contributed by atoms with Gasteiger partial charge in [0.2, 0.25) is 17.7 Å². The summed E-state index contributed by atoms with van der Waals surface area (Å²) in [5.74, 6) is -0.505. The lowest BCUT2D eigenvalue weighted by Crippen LogP contribution is -2.59. The molecule has 0 bridgehead atoms. The van der Waals surface area contributed by atoms with Gasteiger partial charge in [0.15, 0.2) is 0 Å². The minimum Gasteiger partial charge on any atom is -0.368 e. The number of amides is 3. The van der Waals surface area contributed by atoms with Crippen LogP contribution in [0, 0.1) is 5.41 Å². The van der Waals surface area contributed by atoms with Crippen LogP contribution in [-0.4, -0.2) is 40.2 Å². The molecule has 1 unspecified atom stereocenters. The normalized spacial score (nSPS) is 18.1. The number of rotatable bonds is 5. The molecule has 1 aliphatic heterocycles. The Balaban J connectivity index is 2.16. The Bertz CT molecular complexity index is 704. The van der Waals surface area contributed by atoms with Gasteiger partial charge in [0.1, 0.15) is 6.04 Å². The number of hydrogen-bond acceptors (Lipinski definition) is 3. The highest BCUT2D eigenvalue weighted by molar-refractivity contribution is 5.93. The molecule has 1 atom stereocenters. The SMILES string of the molecule is CC(C)c1ccc(CN2CN(C(=O)CC(C)(C)C)C(C(N)=O)CC2=O)cc1. The molecule has 148 valence electrons. The van der Waals surface area contributed by atoms with Gasteiger partial charge in [0.25, 0.3) is 0 Å². The molecule has 0 saturated carbocycles. The third-order valence-electron chi connectivity index (χ3n) is 4.77. The van der Waals surface area contributed by atoms with Crippen LogP contribution in [0.2, 0.25) is 0 Å². The van der Waals surface area contributed by atoms with Crippen molar-refractivity contribution in [3.05, 3.63) is 35.4 Å². The monoisotopic (exact) mass is 373 g/mol. The van der Waals surface area contributed by atoms with Crippen LogP contribution in [0.15, 0.2) is 24.3 Å². The standard InChI is InChI=1S/C21H31N3O3/c1-14(2)16-8-6-15(7-9-16)12-23-13-24(19(26)11-21(3,4)5)17(20(22)27)10-18(23)25/h6-9,14,17H,10-13H2,1-5H3,(H2,22,27). The molecule has 1 aromatic carbocycles. The zero-order chi connectivity index (χ0) is 20.4. The summed E-state index contributed by atoms with van der Waals surface area (Å²) in [5.41, 5.74) is 7.48. The van der Waals surface area contributed by atoms with Crippen molar-refractivity contribution in [1.82, 2.24) is 9.80 Å². The van der Waals surface area contributed by atoms with Gasteiger partial charge in [-0.25, -0.2) is 0 Å². The van der Waals surface area contributed by atoms with Crippen molar-refractivity contribution in [3.63, 3.8) is 0 Å². The van der Waals surface area contributed by atoms with E-state index in [1.165, 1.54) is 10.5 Å². The summed E-state index contributed by atoms with van der Waals surface area (Å²) in [5, 5.41) is 0. The average molecular weight is 373 g/mol. The second kappa shape index (κ2) is 8.11. The zero-order valence-electron chi connectivity index (χ0n) is 17.0. The van der Waals surface area contributed by atoms with Gasteiger partial charge in [0.05, 0.1) is 13.1 Å². The van der Waals surface area contributed by atoms with Crippen molar-refractivity contribution in [2.45, 2.75) is 66.0 Å². The molecule has 2 rings (SSSR count). The molecule has 0 aliphatic carbocycles. The van der Waals surface area contributed by atoms with Crippen LogP contribution in [0.5, 0.6) is 0 Å². The molecule has 1 aromatic rings. The molecule has 1 aliphatic rings. The number of primary amides is 1. The lowest BCUT2D eigenvalue weighted by atomic mass is 9.91. The summed E-state index contributed by atoms with van der Waals surface area (Å²) in [7, 11) is 0. The Morgan fingerprint density at radius 1 is 1.19 bits per heavy atom. The van der Waals surface area contributed by atoms with Crippen molar-refractivity contribution in [1.29, 1.82) is 0 Å². The van der Waals surface area contributed by atoms with E-state index in [2.05, 4.69) is 26.0 Å². The highest BCUT2D eigenvalue weighted by Gasteiger charge is 2.38. The van der Waals surface area contributed by atoms with Crippen molar-refractivity contribution in [3.8, 4) is 0 Å². The van der Waals surface area contributed by atoms with Gasteiger partial charge in [-0.15, -0.1) is 0 Å². The molecule has 0 spiro atoms. The van der Waals surface area contributed by atoms with E-state index in [0.717, 1.165) is 5.56 Å². The fraction of sp³-hybridized carbons (Fsp3) is 0.571. The highest BCUT2D eigenvalue weighted by Crippen LogP contribution is 2.25. The van der Waals surface area contributed by atoms with E-state index in [4.69, 9.17) is 5.73 Å². The Morgan fingerprint density at radius 3 is 2.26 bits per heavy atom. The fourth-order valence-corrected chi connectivity index (χ4v) is 3.19. The number of carbonyl (C=O) groups is 3. The third kappa shape index (κ3) is 5.55. The van der Waals surface area contributed by atoms with Crippen LogP contribution in [-0.2, 0) is 20.9 Å². The largest absolute Gasteiger partial charge is 0.368 e. The van der Waals surface area contributed by atoms with E-state index in [0.29, 0.717) is 18.9 Å². The van der Waals surface area contributed by atoms with Crippen molar-refractivity contribution >= 4 is 17.7 Å². The van der Waals surface area contributed by atoms with Crippen LogP contribution < -0.4 is 5.73 Å². The molecule has 1 saturated heterocycles. The van der Waals surface area contributed by atoms with Gasteiger partial charge >= 0.3 is 0 Å². The summed E-state index contributed by atoms with van der Waals surface area (Å²) in [4.78, 5) is 40.1. The van der Waals surface area contributed by atoms with E-state index >= 15 is 0 Å². The van der Waals surface area contributed by atoms with Gasteiger partial charge < -0.3 is 15.5 Å². The molecule has 1 heterocycles. The molecular weight excluding hydrogens is 342 g/mol. The Morgan fingerprint density at radius 2 is 1.78 bits per heavy atom.